The van der Waals surface area contributed by atoms with Crippen LogP contribution >= 0.6 is 11.6 Å². The number of aliphatic hydroxyl groups excluding tert-OH is 1. The summed E-state index contributed by atoms with van der Waals surface area (Å²) in [5.41, 5.74) is 3.20. The Kier molecular flexibility index (Phi) is 8.84. The van der Waals surface area contributed by atoms with Crippen molar-refractivity contribution in [3.63, 3.8) is 0 Å². The van der Waals surface area contributed by atoms with Gasteiger partial charge in [0.25, 0.3) is 0 Å². The SMILES string of the molecule is C[C@@H](O)CNC1CCC(Nc2cc(-c3cccc(NCC4CCOCC4)c3)c(Cl)cn2)CC1. The summed E-state index contributed by atoms with van der Waals surface area (Å²) in [5.74, 6) is 1.54. The summed E-state index contributed by atoms with van der Waals surface area (Å²) < 4.78 is 5.47. The van der Waals surface area contributed by atoms with Gasteiger partial charge in [-0.15, -0.1) is 0 Å². The molecule has 4 rings (SSSR count). The lowest BCUT2D eigenvalue weighted by molar-refractivity contribution is 0.0699. The van der Waals surface area contributed by atoms with Crippen LogP contribution in [0.25, 0.3) is 11.1 Å². The molecule has 1 saturated carbocycles. The van der Waals surface area contributed by atoms with Crippen LogP contribution in [-0.2, 0) is 4.74 Å². The minimum Gasteiger partial charge on any atom is -0.392 e. The number of pyridine rings is 1. The zero-order valence-electron chi connectivity index (χ0n) is 19.5. The van der Waals surface area contributed by atoms with Crippen LogP contribution in [-0.4, -0.2) is 54.6 Å². The van der Waals surface area contributed by atoms with Crippen molar-refractivity contribution in [3.05, 3.63) is 41.6 Å². The van der Waals surface area contributed by atoms with Gasteiger partial charge in [-0.05, 0) is 75.1 Å². The van der Waals surface area contributed by atoms with Crippen molar-refractivity contribution in [3.8, 4) is 11.1 Å². The molecule has 1 aliphatic carbocycles. The molecule has 2 aliphatic rings. The number of hydrogen-bond donors (Lipinski definition) is 4. The van der Waals surface area contributed by atoms with Crippen molar-refractivity contribution in [2.75, 3.05) is 36.9 Å². The van der Waals surface area contributed by atoms with E-state index in [0.29, 0.717) is 29.6 Å². The fraction of sp³-hybridized carbons (Fsp3) is 0.577. The fourth-order valence-electron chi connectivity index (χ4n) is 4.74. The Morgan fingerprint density at radius 2 is 1.85 bits per heavy atom. The highest BCUT2D eigenvalue weighted by molar-refractivity contribution is 6.33. The molecule has 0 unspecified atom stereocenters. The highest BCUT2D eigenvalue weighted by Gasteiger charge is 2.21. The minimum absolute atomic E-state index is 0.298. The Balaban J connectivity index is 1.35. The molecule has 0 amide bonds. The fourth-order valence-corrected chi connectivity index (χ4v) is 4.95. The normalized spacial score (nSPS) is 22.6. The van der Waals surface area contributed by atoms with Crippen LogP contribution in [0, 0.1) is 5.92 Å². The second-order valence-corrected chi connectivity index (χ2v) is 9.92. The van der Waals surface area contributed by atoms with E-state index in [4.69, 9.17) is 16.3 Å². The molecule has 0 spiro atoms. The van der Waals surface area contributed by atoms with E-state index in [9.17, 15) is 5.11 Å². The third kappa shape index (κ3) is 7.31. The molecule has 33 heavy (non-hydrogen) atoms. The van der Waals surface area contributed by atoms with Crippen LogP contribution in [0.3, 0.4) is 0 Å². The Morgan fingerprint density at radius 1 is 1.09 bits per heavy atom. The van der Waals surface area contributed by atoms with Gasteiger partial charge < -0.3 is 25.8 Å². The quantitative estimate of drug-likeness (QED) is 0.414. The lowest BCUT2D eigenvalue weighted by Gasteiger charge is -2.30. The van der Waals surface area contributed by atoms with Crippen molar-refractivity contribution in [2.24, 2.45) is 5.92 Å². The van der Waals surface area contributed by atoms with Crippen molar-refractivity contribution in [1.29, 1.82) is 0 Å². The molecule has 1 saturated heterocycles. The number of anilines is 2. The van der Waals surface area contributed by atoms with Crippen LogP contribution in [0.1, 0.15) is 45.4 Å². The van der Waals surface area contributed by atoms with E-state index in [1.807, 2.05) is 6.92 Å². The number of halogens is 1. The molecule has 0 bridgehead atoms. The standard InChI is InChI=1S/C26H37ClN4O2/c1-18(32)15-28-21-5-7-22(8-6-21)31-26-14-24(25(27)17-30-26)20-3-2-4-23(13-20)29-16-19-9-11-33-12-10-19/h2-4,13-14,17-19,21-22,28-29,32H,5-12,15-16H2,1H3,(H,30,31)/t18-,21?,22?/m1/s1. The number of hydrogen-bond acceptors (Lipinski definition) is 6. The number of rotatable bonds is 9. The minimum atomic E-state index is -0.298. The Morgan fingerprint density at radius 3 is 2.61 bits per heavy atom. The molecule has 1 atom stereocenters. The number of nitrogens with one attached hydrogen (secondary N) is 3. The van der Waals surface area contributed by atoms with Gasteiger partial charge in [0.1, 0.15) is 5.82 Å². The van der Waals surface area contributed by atoms with Crippen LogP contribution in [0.5, 0.6) is 0 Å². The molecule has 2 heterocycles. The van der Waals surface area contributed by atoms with E-state index in [1.165, 1.54) is 0 Å². The average Bonchev–Trinajstić information content (AvgIpc) is 2.84. The average molecular weight is 473 g/mol. The molecular formula is C26H37ClN4O2. The van der Waals surface area contributed by atoms with Gasteiger partial charge in [0.2, 0.25) is 0 Å². The molecule has 2 aromatic rings. The number of ether oxygens (including phenoxy) is 1. The van der Waals surface area contributed by atoms with Crippen molar-refractivity contribution in [1.82, 2.24) is 10.3 Å². The first kappa shape index (κ1) is 24.3. The molecule has 180 valence electrons. The molecule has 1 aromatic heterocycles. The Bertz CT molecular complexity index is 880. The lowest BCUT2D eigenvalue weighted by Crippen LogP contribution is -2.39. The van der Waals surface area contributed by atoms with E-state index in [0.717, 1.165) is 80.9 Å². The smallest absolute Gasteiger partial charge is 0.126 e. The zero-order valence-corrected chi connectivity index (χ0v) is 20.3. The van der Waals surface area contributed by atoms with Gasteiger partial charge in [0.15, 0.2) is 0 Å². The van der Waals surface area contributed by atoms with E-state index in [2.05, 4.69) is 51.3 Å². The zero-order chi connectivity index (χ0) is 23.0. The summed E-state index contributed by atoms with van der Waals surface area (Å²) in [7, 11) is 0. The number of nitrogens with zero attached hydrogens (tertiary/aromatic N) is 1. The van der Waals surface area contributed by atoms with Crippen LogP contribution in [0.15, 0.2) is 36.5 Å². The molecular weight excluding hydrogens is 436 g/mol. The molecule has 6 nitrogen and oxygen atoms in total. The van der Waals surface area contributed by atoms with Crippen LogP contribution in [0.2, 0.25) is 5.02 Å². The van der Waals surface area contributed by atoms with Gasteiger partial charge in [-0.1, -0.05) is 23.7 Å². The molecule has 2 fully saturated rings. The van der Waals surface area contributed by atoms with Gasteiger partial charge >= 0.3 is 0 Å². The lowest BCUT2D eigenvalue weighted by atomic mass is 9.91. The van der Waals surface area contributed by atoms with Crippen molar-refractivity contribution >= 4 is 23.1 Å². The first-order valence-corrected chi connectivity index (χ1v) is 12.7. The molecule has 1 aromatic carbocycles. The highest BCUT2D eigenvalue weighted by Crippen LogP contribution is 2.32. The highest BCUT2D eigenvalue weighted by atomic mass is 35.5. The van der Waals surface area contributed by atoms with E-state index < -0.39 is 0 Å². The van der Waals surface area contributed by atoms with E-state index in [-0.39, 0.29) is 6.10 Å². The maximum atomic E-state index is 9.48. The summed E-state index contributed by atoms with van der Waals surface area (Å²) in [6.07, 6.45) is 8.07. The summed E-state index contributed by atoms with van der Waals surface area (Å²) in [6.45, 7) is 5.19. The van der Waals surface area contributed by atoms with Crippen molar-refractivity contribution in [2.45, 2.75) is 63.6 Å². The van der Waals surface area contributed by atoms with Gasteiger partial charge in [-0.25, -0.2) is 4.98 Å². The largest absolute Gasteiger partial charge is 0.392 e. The molecule has 0 radical (unpaired) electrons. The monoisotopic (exact) mass is 472 g/mol. The van der Waals surface area contributed by atoms with Crippen molar-refractivity contribution < 1.29 is 9.84 Å². The third-order valence-electron chi connectivity index (χ3n) is 6.75. The Hall–Kier alpha value is -1.86. The van der Waals surface area contributed by atoms with Crippen LogP contribution < -0.4 is 16.0 Å². The van der Waals surface area contributed by atoms with Gasteiger partial charge in [0, 0.05) is 55.8 Å². The van der Waals surface area contributed by atoms with Gasteiger partial charge in [-0.3, -0.25) is 0 Å². The topological polar surface area (TPSA) is 78.4 Å². The summed E-state index contributed by atoms with van der Waals surface area (Å²) in [6, 6.07) is 11.4. The predicted molar refractivity (Wildman–Crippen MR) is 136 cm³/mol. The Labute approximate surface area is 202 Å². The van der Waals surface area contributed by atoms with Gasteiger partial charge in [-0.2, -0.15) is 0 Å². The predicted octanol–water partition coefficient (Wildman–Crippen LogP) is 4.93. The van der Waals surface area contributed by atoms with E-state index >= 15 is 0 Å². The second kappa shape index (κ2) is 12.0. The third-order valence-corrected chi connectivity index (χ3v) is 7.05. The maximum absolute atomic E-state index is 9.48. The summed E-state index contributed by atoms with van der Waals surface area (Å²) in [5, 5.41) is 20.8. The number of benzene rings is 1. The maximum Gasteiger partial charge on any atom is 0.126 e. The first-order chi connectivity index (χ1) is 16.1. The summed E-state index contributed by atoms with van der Waals surface area (Å²) in [4.78, 5) is 4.54. The first-order valence-electron chi connectivity index (χ1n) is 12.3. The number of aromatic nitrogens is 1. The number of aliphatic hydroxyl groups is 1. The molecule has 1 aliphatic heterocycles. The second-order valence-electron chi connectivity index (χ2n) is 9.52. The van der Waals surface area contributed by atoms with Crippen LogP contribution in [0.4, 0.5) is 11.5 Å². The van der Waals surface area contributed by atoms with E-state index in [1.54, 1.807) is 6.20 Å². The van der Waals surface area contributed by atoms with Gasteiger partial charge in [0.05, 0.1) is 11.1 Å². The molecule has 4 N–H and O–H groups in total. The molecule has 7 heteroatoms. The summed E-state index contributed by atoms with van der Waals surface area (Å²) >= 11 is 6.55.